The Bertz CT molecular complexity index is 944. The number of carbonyl (C=O) groups excluding carboxylic acids is 1. The van der Waals surface area contributed by atoms with Crippen molar-refractivity contribution in [2.75, 3.05) is 5.32 Å². The fourth-order valence-electron chi connectivity index (χ4n) is 2.80. The van der Waals surface area contributed by atoms with Crippen molar-refractivity contribution in [2.45, 2.75) is 26.8 Å². The van der Waals surface area contributed by atoms with E-state index in [-0.39, 0.29) is 5.69 Å². The van der Waals surface area contributed by atoms with Crippen molar-refractivity contribution in [3.8, 4) is 5.75 Å². The third-order valence-electron chi connectivity index (χ3n) is 4.04. The van der Waals surface area contributed by atoms with Gasteiger partial charge in [0.1, 0.15) is 11.5 Å². The molecule has 8 heteroatoms. The van der Waals surface area contributed by atoms with Crippen LogP contribution in [0.5, 0.6) is 5.75 Å². The molecule has 0 atom stereocenters. The maximum atomic E-state index is 12.6. The molecular weight excluding hydrogens is 361 g/mol. The van der Waals surface area contributed by atoms with Crippen LogP contribution in [-0.4, -0.2) is 16.8 Å². The maximum absolute atomic E-state index is 12.6. The van der Waals surface area contributed by atoms with Crippen LogP contribution < -0.4 is 10.1 Å². The van der Waals surface area contributed by atoms with Gasteiger partial charge in [-0.1, -0.05) is 6.07 Å². The predicted octanol–water partition coefficient (Wildman–Crippen LogP) is 4.90. The number of amides is 1. The van der Waals surface area contributed by atoms with Gasteiger partial charge < -0.3 is 19.0 Å². The topological polar surface area (TPSA) is 56.4 Å². The Morgan fingerprint density at radius 1 is 1.19 bits per heavy atom. The highest BCUT2D eigenvalue weighted by molar-refractivity contribution is 6.05. The average Bonchev–Trinajstić information content (AvgIpc) is 3.17. The van der Waals surface area contributed by atoms with Crippen LogP contribution in [0.1, 0.15) is 27.5 Å². The summed E-state index contributed by atoms with van der Waals surface area (Å²) in [6.07, 6.45) is -3.22. The fourth-order valence-corrected chi connectivity index (χ4v) is 2.80. The number of hydrogen-bond acceptors (Lipinski definition) is 3. The third-order valence-corrected chi connectivity index (χ3v) is 4.04. The molecule has 0 saturated carbocycles. The number of carbonyl (C=O) groups is 1. The lowest BCUT2D eigenvalue weighted by molar-refractivity contribution is -0.274. The summed E-state index contributed by atoms with van der Waals surface area (Å²) in [7, 11) is 0. The Hall–Kier alpha value is -3.16. The average molecular weight is 378 g/mol. The van der Waals surface area contributed by atoms with E-state index in [1.54, 1.807) is 25.3 Å². The lowest BCUT2D eigenvalue weighted by Gasteiger charge is -2.11. The smallest absolute Gasteiger partial charge is 0.467 e. The monoisotopic (exact) mass is 378 g/mol. The molecule has 1 N–H and O–H groups in total. The van der Waals surface area contributed by atoms with Crippen LogP contribution in [-0.2, 0) is 6.54 Å². The summed E-state index contributed by atoms with van der Waals surface area (Å²) < 4.78 is 48.1. The zero-order valence-electron chi connectivity index (χ0n) is 14.6. The molecule has 0 fully saturated rings. The van der Waals surface area contributed by atoms with Gasteiger partial charge in [0.05, 0.1) is 18.4 Å². The number of aromatic nitrogens is 1. The van der Waals surface area contributed by atoms with Crippen LogP contribution in [0, 0.1) is 13.8 Å². The molecule has 0 saturated heterocycles. The quantitative estimate of drug-likeness (QED) is 0.687. The van der Waals surface area contributed by atoms with Crippen molar-refractivity contribution in [1.82, 2.24) is 4.57 Å². The van der Waals surface area contributed by atoms with Crippen molar-refractivity contribution in [3.05, 3.63) is 71.4 Å². The fraction of sp³-hybridized carbons (Fsp3) is 0.211. The first-order chi connectivity index (χ1) is 12.7. The molecule has 142 valence electrons. The number of nitrogens with one attached hydrogen (secondary N) is 1. The van der Waals surface area contributed by atoms with Gasteiger partial charge in [0.15, 0.2) is 0 Å². The summed E-state index contributed by atoms with van der Waals surface area (Å²) in [5.41, 5.74) is 2.23. The summed E-state index contributed by atoms with van der Waals surface area (Å²) >= 11 is 0. The van der Waals surface area contributed by atoms with Crippen LogP contribution in [0.25, 0.3) is 0 Å². The SMILES string of the molecule is Cc1cc(C(=O)Nc2cccc(OC(F)(F)F)c2)c(C)n1Cc1ccco1. The minimum Gasteiger partial charge on any atom is -0.467 e. The van der Waals surface area contributed by atoms with Crippen LogP contribution in [0.4, 0.5) is 18.9 Å². The molecule has 0 radical (unpaired) electrons. The highest BCUT2D eigenvalue weighted by Gasteiger charge is 2.31. The van der Waals surface area contributed by atoms with Crippen molar-refractivity contribution in [2.24, 2.45) is 0 Å². The number of nitrogens with zero attached hydrogens (tertiary/aromatic N) is 1. The lowest BCUT2D eigenvalue weighted by atomic mass is 10.2. The molecule has 1 amide bonds. The second kappa shape index (κ2) is 7.22. The van der Waals surface area contributed by atoms with E-state index in [0.29, 0.717) is 12.1 Å². The summed E-state index contributed by atoms with van der Waals surface area (Å²) in [4.78, 5) is 12.6. The van der Waals surface area contributed by atoms with Gasteiger partial charge >= 0.3 is 6.36 Å². The summed E-state index contributed by atoms with van der Waals surface area (Å²) in [6.45, 7) is 4.14. The van der Waals surface area contributed by atoms with Gasteiger partial charge in [0.2, 0.25) is 0 Å². The Kier molecular flexibility index (Phi) is 4.98. The van der Waals surface area contributed by atoms with Gasteiger partial charge in [0.25, 0.3) is 5.91 Å². The Balaban J connectivity index is 1.78. The van der Waals surface area contributed by atoms with Crippen LogP contribution in [0.2, 0.25) is 0 Å². The van der Waals surface area contributed by atoms with E-state index in [2.05, 4.69) is 10.1 Å². The molecule has 27 heavy (non-hydrogen) atoms. The first-order valence-electron chi connectivity index (χ1n) is 8.09. The highest BCUT2D eigenvalue weighted by Crippen LogP contribution is 2.26. The largest absolute Gasteiger partial charge is 0.573 e. The summed E-state index contributed by atoms with van der Waals surface area (Å²) in [6, 6.07) is 10.5. The number of alkyl halides is 3. The van der Waals surface area contributed by atoms with Gasteiger partial charge in [-0.3, -0.25) is 4.79 Å². The zero-order valence-corrected chi connectivity index (χ0v) is 14.6. The molecule has 0 spiro atoms. The molecule has 2 heterocycles. The Labute approximate surface area is 153 Å². The number of hydrogen-bond donors (Lipinski definition) is 1. The van der Waals surface area contributed by atoms with E-state index in [1.165, 1.54) is 18.2 Å². The van der Waals surface area contributed by atoms with E-state index >= 15 is 0 Å². The van der Waals surface area contributed by atoms with E-state index in [9.17, 15) is 18.0 Å². The summed E-state index contributed by atoms with van der Waals surface area (Å²) in [5.74, 6) is -0.0673. The van der Waals surface area contributed by atoms with Crippen molar-refractivity contribution in [1.29, 1.82) is 0 Å². The molecule has 0 aliphatic rings. The zero-order chi connectivity index (χ0) is 19.6. The molecular formula is C19H17F3N2O3. The molecule has 0 bridgehead atoms. The van der Waals surface area contributed by atoms with E-state index in [1.807, 2.05) is 17.6 Å². The number of rotatable bonds is 5. The second-order valence-electron chi connectivity index (χ2n) is 5.98. The molecule has 3 rings (SSSR count). The number of furan rings is 1. The molecule has 0 aliphatic heterocycles. The molecule has 0 unspecified atom stereocenters. The normalized spacial score (nSPS) is 11.4. The number of ether oxygens (including phenoxy) is 1. The molecule has 1 aromatic carbocycles. The predicted molar refractivity (Wildman–Crippen MR) is 92.8 cm³/mol. The van der Waals surface area contributed by atoms with E-state index in [4.69, 9.17) is 4.42 Å². The number of halogens is 3. The van der Waals surface area contributed by atoms with Crippen molar-refractivity contribution < 1.29 is 27.1 Å². The first-order valence-corrected chi connectivity index (χ1v) is 8.09. The maximum Gasteiger partial charge on any atom is 0.573 e. The molecule has 0 aliphatic carbocycles. The van der Waals surface area contributed by atoms with Gasteiger partial charge in [-0.05, 0) is 44.2 Å². The van der Waals surface area contributed by atoms with E-state index < -0.39 is 18.0 Å². The lowest BCUT2D eigenvalue weighted by Crippen LogP contribution is -2.17. The minimum atomic E-state index is -4.79. The number of benzene rings is 1. The van der Waals surface area contributed by atoms with Crippen LogP contribution >= 0.6 is 0 Å². The van der Waals surface area contributed by atoms with Gasteiger partial charge in [-0.15, -0.1) is 13.2 Å². The Morgan fingerprint density at radius 2 is 1.96 bits per heavy atom. The number of anilines is 1. The minimum absolute atomic E-state index is 0.206. The molecule has 2 aromatic heterocycles. The van der Waals surface area contributed by atoms with Gasteiger partial charge in [0, 0.05) is 23.1 Å². The Morgan fingerprint density at radius 3 is 2.63 bits per heavy atom. The van der Waals surface area contributed by atoms with Crippen LogP contribution in [0.3, 0.4) is 0 Å². The van der Waals surface area contributed by atoms with E-state index in [0.717, 1.165) is 23.2 Å². The molecule has 5 nitrogen and oxygen atoms in total. The first kappa shape index (κ1) is 18.6. The van der Waals surface area contributed by atoms with Crippen molar-refractivity contribution in [3.63, 3.8) is 0 Å². The highest BCUT2D eigenvalue weighted by atomic mass is 19.4. The van der Waals surface area contributed by atoms with Gasteiger partial charge in [-0.2, -0.15) is 0 Å². The second-order valence-corrected chi connectivity index (χ2v) is 5.98. The number of aryl methyl sites for hydroxylation is 1. The third kappa shape index (κ3) is 4.52. The summed E-state index contributed by atoms with van der Waals surface area (Å²) in [5, 5.41) is 2.60. The van der Waals surface area contributed by atoms with Gasteiger partial charge in [-0.25, -0.2) is 0 Å². The van der Waals surface area contributed by atoms with Crippen LogP contribution in [0.15, 0.2) is 53.1 Å². The standard InChI is InChI=1S/C19H17F3N2O3/c1-12-9-17(13(2)24(12)11-16-7-4-8-26-16)18(25)23-14-5-3-6-15(10-14)27-19(20,21)22/h3-10H,11H2,1-2H3,(H,23,25). The van der Waals surface area contributed by atoms with Crippen molar-refractivity contribution >= 4 is 11.6 Å². The molecule has 3 aromatic rings.